The van der Waals surface area contributed by atoms with Crippen molar-refractivity contribution in [1.82, 2.24) is 14.1 Å². The Bertz CT molecular complexity index is 965. The van der Waals surface area contributed by atoms with Crippen molar-refractivity contribution in [1.29, 1.82) is 0 Å². The van der Waals surface area contributed by atoms with Gasteiger partial charge in [0.15, 0.2) is 0 Å². The maximum Gasteiger partial charge on any atom is 0.573 e. The number of para-hydroxylation sites is 1. The molecule has 152 valence electrons. The number of hydrogen-bond donors (Lipinski definition) is 0. The third-order valence-corrected chi connectivity index (χ3v) is 7.46. The average molecular weight is 436 g/mol. The zero-order valence-corrected chi connectivity index (χ0v) is 16.1. The van der Waals surface area contributed by atoms with Crippen LogP contribution >= 0.6 is 11.6 Å². The number of piperidine rings is 1. The summed E-state index contributed by atoms with van der Waals surface area (Å²) in [4.78, 5) is -0.468. The number of fused-ring (bicyclic) bond motifs is 2. The Balaban J connectivity index is 1.63. The zero-order chi connectivity index (χ0) is 20.1. The molecule has 0 radical (unpaired) electrons. The molecule has 0 amide bonds. The van der Waals surface area contributed by atoms with Crippen LogP contribution in [0.4, 0.5) is 13.2 Å². The quantitative estimate of drug-likeness (QED) is 0.728. The second-order valence-electron chi connectivity index (χ2n) is 6.98. The van der Waals surface area contributed by atoms with E-state index >= 15 is 0 Å². The molecule has 1 aromatic carbocycles. The molecule has 2 fully saturated rings. The standard InChI is InChI=1S/C17H17ClF3N3O3S/c18-11-9-22-23(10-11)14-7-12-5-6-13(8-14)24(12)28(25,26)16-4-2-1-3-15(16)27-17(19,20)21/h1-4,9-10,12-14H,5-8H2. The summed E-state index contributed by atoms with van der Waals surface area (Å²) in [5, 5.41) is 4.71. The molecule has 2 aromatic rings. The van der Waals surface area contributed by atoms with E-state index < -0.39 is 27.0 Å². The monoisotopic (exact) mass is 435 g/mol. The first-order chi connectivity index (χ1) is 13.1. The minimum absolute atomic E-state index is 0.00174. The summed E-state index contributed by atoms with van der Waals surface area (Å²) < 4.78 is 71.6. The molecular weight excluding hydrogens is 419 g/mol. The van der Waals surface area contributed by atoms with Gasteiger partial charge in [-0.3, -0.25) is 4.68 Å². The van der Waals surface area contributed by atoms with Crippen LogP contribution in [0.1, 0.15) is 31.7 Å². The van der Waals surface area contributed by atoms with Crippen LogP contribution in [-0.4, -0.2) is 40.9 Å². The van der Waals surface area contributed by atoms with E-state index in [2.05, 4.69) is 9.84 Å². The van der Waals surface area contributed by atoms with E-state index in [-0.39, 0.29) is 18.1 Å². The Labute approximate surface area is 164 Å². The highest BCUT2D eigenvalue weighted by molar-refractivity contribution is 7.89. The number of benzene rings is 1. The summed E-state index contributed by atoms with van der Waals surface area (Å²) >= 11 is 5.92. The van der Waals surface area contributed by atoms with Crippen molar-refractivity contribution >= 4 is 21.6 Å². The average Bonchev–Trinajstić information content (AvgIpc) is 3.15. The smallest absolute Gasteiger partial charge is 0.404 e. The van der Waals surface area contributed by atoms with Gasteiger partial charge in [-0.05, 0) is 37.8 Å². The van der Waals surface area contributed by atoms with Gasteiger partial charge in [0.25, 0.3) is 0 Å². The lowest BCUT2D eigenvalue weighted by Crippen LogP contribution is -2.47. The number of ether oxygens (including phenoxy) is 1. The first-order valence-corrected chi connectivity index (χ1v) is 10.5. The second-order valence-corrected chi connectivity index (χ2v) is 9.23. The van der Waals surface area contributed by atoms with Gasteiger partial charge in [-0.1, -0.05) is 23.7 Å². The van der Waals surface area contributed by atoms with Crippen LogP contribution in [0.5, 0.6) is 5.75 Å². The molecule has 28 heavy (non-hydrogen) atoms. The first-order valence-electron chi connectivity index (χ1n) is 8.73. The van der Waals surface area contributed by atoms with Crippen molar-refractivity contribution in [2.24, 2.45) is 0 Å². The van der Waals surface area contributed by atoms with Crippen LogP contribution in [-0.2, 0) is 10.0 Å². The van der Waals surface area contributed by atoms with E-state index in [1.165, 1.54) is 22.6 Å². The van der Waals surface area contributed by atoms with Gasteiger partial charge in [-0.15, -0.1) is 13.2 Å². The van der Waals surface area contributed by atoms with Crippen molar-refractivity contribution in [2.75, 3.05) is 0 Å². The van der Waals surface area contributed by atoms with E-state index in [1.54, 1.807) is 10.9 Å². The second kappa shape index (κ2) is 6.93. The molecule has 1 aromatic heterocycles. The van der Waals surface area contributed by atoms with Crippen LogP contribution in [0.3, 0.4) is 0 Å². The summed E-state index contributed by atoms with van der Waals surface area (Å²) in [6.45, 7) is 0. The fourth-order valence-corrected chi connectivity index (χ4v) is 6.37. The molecule has 3 heterocycles. The van der Waals surface area contributed by atoms with Gasteiger partial charge < -0.3 is 4.74 Å². The molecule has 0 saturated carbocycles. The predicted molar refractivity (Wildman–Crippen MR) is 94.5 cm³/mol. The summed E-state index contributed by atoms with van der Waals surface area (Å²) in [5.74, 6) is -0.713. The largest absolute Gasteiger partial charge is 0.573 e. The molecule has 0 N–H and O–H groups in total. The van der Waals surface area contributed by atoms with Crippen molar-refractivity contribution < 1.29 is 26.3 Å². The molecule has 2 atom stereocenters. The van der Waals surface area contributed by atoms with Crippen molar-refractivity contribution in [2.45, 2.75) is 55.1 Å². The lowest BCUT2D eigenvalue weighted by molar-refractivity contribution is -0.275. The molecule has 0 spiro atoms. The number of nitrogens with zero attached hydrogens (tertiary/aromatic N) is 3. The maximum absolute atomic E-state index is 13.2. The molecule has 2 saturated heterocycles. The Morgan fingerprint density at radius 3 is 2.32 bits per heavy atom. The van der Waals surface area contributed by atoms with Gasteiger partial charge in [0.1, 0.15) is 10.6 Å². The van der Waals surface area contributed by atoms with Gasteiger partial charge >= 0.3 is 6.36 Å². The van der Waals surface area contributed by atoms with Gasteiger partial charge in [0, 0.05) is 18.3 Å². The van der Waals surface area contributed by atoms with Crippen molar-refractivity contribution in [3.8, 4) is 5.75 Å². The van der Waals surface area contributed by atoms with Crippen LogP contribution in [0.2, 0.25) is 5.02 Å². The predicted octanol–water partition coefficient (Wildman–Crippen LogP) is 3.99. The first kappa shape index (κ1) is 19.5. The summed E-state index contributed by atoms with van der Waals surface area (Å²) in [6, 6.07) is 4.24. The van der Waals surface area contributed by atoms with E-state index in [1.807, 2.05) is 0 Å². The minimum atomic E-state index is -4.98. The lowest BCUT2D eigenvalue weighted by Gasteiger charge is -2.38. The fourth-order valence-electron chi connectivity index (χ4n) is 4.21. The van der Waals surface area contributed by atoms with Crippen molar-refractivity contribution in [3.63, 3.8) is 0 Å². The highest BCUT2D eigenvalue weighted by atomic mass is 35.5. The Kier molecular flexibility index (Phi) is 4.83. The van der Waals surface area contributed by atoms with Gasteiger partial charge in [0.2, 0.25) is 10.0 Å². The number of aromatic nitrogens is 2. The number of sulfonamides is 1. The summed E-state index contributed by atoms with van der Waals surface area (Å²) in [6.07, 6.45) is 0.595. The summed E-state index contributed by atoms with van der Waals surface area (Å²) in [5.41, 5.74) is 0. The lowest BCUT2D eigenvalue weighted by atomic mass is 10.00. The van der Waals surface area contributed by atoms with E-state index in [0.717, 1.165) is 12.1 Å². The zero-order valence-electron chi connectivity index (χ0n) is 14.5. The summed E-state index contributed by atoms with van der Waals surface area (Å²) in [7, 11) is -4.15. The van der Waals surface area contributed by atoms with E-state index in [0.29, 0.717) is 30.7 Å². The highest BCUT2D eigenvalue weighted by Gasteiger charge is 2.49. The number of halogens is 4. The normalized spacial score (nSPS) is 25.8. The van der Waals surface area contributed by atoms with Gasteiger partial charge in [-0.25, -0.2) is 8.42 Å². The Morgan fingerprint density at radius 2 is 1.75 bits per heavy atom. The van der Waals surface area contributed by atoms with Gasteiger partial charge in [-0.2, -0.15) is 9.40 Å². The Hall–Kier alpha value is -1.78. The van der Waals surface area contributed by atoms with Crippen LogP contribution < -0.4 is 4.74 Å². The van der Waals surface area contributed by atoms with E-state index in [4.69, 9.17) is 11.6 Å². The minimum Gasteiger partial charge on any atom is -0.404 e. The number of alkyl halides is 3. The van der Waals surface area contributed by atoms with Gasteiger partial charge in [0.05, 0.1) is 17.3 Å². The van der Waals surface area contributed by atoms with Crippen LogP contribution in [0.25, 0.3) is 0 Å². The molecule has 2 bridgehead atoms. The molecular formula is C17H17ClF3N3O3S. The maximum atomic E-state index is 13.2. The Morgan fingerprint density at radius 1 is 1.11 bits per heavy atom. The third-order valence-electron chi connectivity index (χ3n) is 5.22. The van der Waals surface area contributed by atoms with Crippen molar-refractivity contribution in [3.05, 3.63) is 41.7 Å². The topological polar surface area (TPSA) is 64.4 Å². The van der Waals surface area contributed by atoms with E-state index in [9.17, 15) is 21.6 Å². The van der Waals surface area contributed by atoms with Crippen LogP contribution in [0, 0.1) is 0 Å². The number of rotatable bonds is 4. The molecule has 2 aliphatic heterocycles. The molecule has 0 aliphatic carbocycles. The molecule has 4 rings (SSSR count). The molecule has 6 nitrogen and oxygen atoms in total. The van der Waals surface area contributed by atoms with Crippen LogP contribution in [0.15, 0.2) is 41.6 Å². The molecule has 11 heteroatoms. The SMILES string of the molecule is O=S(=O)(c1ccccc1OC(F)(F)F)N1C2CCC1CC(n1cc(Cl)cn1)C2. The fraction of sp³-hybridized carbons (Fsp3) is 0.471. The third kappa shape index (κ3) is 3.60. The number of hydrogen-bond acceptors (Lipinski definition) is 4. The molecule has 2 aliphatic rings. The molecule has 2 unspecified atom stereocenters. The highest BCUT2D eigenvalue weighted by Crippen LogP contribution is 2.45.